The van der Waals surface area contributed by atoms with Crippen LogP contribution in [0.2, 0.25) is 5.02 Å². The summed E-state index contributed by atoms with van der Waals surface area (Å²) in [6.45, 7) is 6.40. The molecule has 1 aromatic carbocycles. The van der Waals surface area contributed by atoms with Gasteiger partial charge in [0.25, 0.3) is 0 Å². The highest BCUT2D eigenvalue weighted by Crippen LogP contribution is 2.13. The van der Waals surface area contributed by atoms with Gasteiger partial charge < -0.3 is 10.4 Å². The largest absolute Gasteiger partial charge is 0.395 e. The van der Waals surface area contributed by atoms with Gasteiger partial charge >= 0.3 is 0 Å². The van der Waals surface area contributed by atoms with Crippen molar-refractivity contribution >= 4 is 11.6 Å². The van der Waals surface area contributed by atoms with Gasteiger partial charge in [-0.2, -0.15) is 0 Å². The first-order valence-electron chi connectivity index (χ1n) is 5.54. The van der Waals surface area contributed by atoms with Crippen LogP contribution in [0, 0.1) is 0 Å². The molecule has 16 heavy (non-hydrogen) atoms. The van der Waals surface area contributed by atoms with E-state index in [1.807, 2.05) is 24.3 Å². The number of rotatable bonds is 4. The summed E-state index contributed by atoms with van der Waals surface area (Å²) < 4.78 is 0. The smallest absolute Gasteiger partial charge is 0.0588 e. The highest BCUT2D eigenvalue weighted by molar-refractivity contribution is 6.30. The number of hydrogen-bond acceptors (Lipinski definition) is 2. The van der Waals surface area contributed by atoms with Crippen molar-refractivity contribution in [2.24, 2.45) is 0 Å². The van der Waals surface area contributed by atoms with E-state index in [9.17, 15) is 5.11 Å². The third kappa shape index (κ3) is 4.97. The van der Waals surface area contributed by atoms with Gasteiger partial charge in [-0.1, -0.05) is 23.7 Å². The third-order valence-corrected chi connectivity index (χ3v) is 2.46. The molecule has 0 aliphatic heterocycles. The zero-order valence-corrected chi connectivity index (χ0v) is 10.9. The maximum absolute atomic E-state index is 9.32. The molecule has 1 unspecified atom stereocenters. The zero-order valence-electron chi connectivity index (χ0n) is 10.1. The van der Waals surface area contributed by atoms with Crippen molar-refractivity contribution < 1.29 is 5.11 Å². The van der Waals surface area contributed by atoms with E-state index in [4.69, 9.17) is 11.6 Å². The van der Waals surface area contributed by atoms with Gasteiger partial charge in [-0.3, -0.25) is 0 Å². The second-order valence-corrected chi connectivity index (χ2v) is 5.54. The van der Waals surface area contributed by atoms with Crippen LogP contribution < -0.4 is 5.32 Å². The van der Waals surface area contributed by atoms with Crippen molar-refractivity contribution in [1.82, 2.24) is 5.32 Å². The number of aliphatic hydroxyl groups is 1. The summed E-state index contributed by atoms with van der Waals surface area (Å²) in [6.07, 6.45) is 0.786. The molecule has 0 heterocycles. The van der Waals surface area contributed by atoms with Crippen molar-refractivity contribution in [1.29, 1.82) is 0 Å². The van der Waals surface area contributed by atoms with Crippen LogP contribution in [0.4, 0.5) is 0 Å². The molecule has 0 amide bonds. The lowest BCUT2D eigenvalue weighted by Crippen LogP contribution is -2.46. The number of aliphatic hydroxyl groups excluding tert-OH is 1. The topological polar surface area (TPSA) is 32.3 Å². The number of nitrogens with one attached hydrogen (secondary N) is 1. The molecule has 0 saturated heterocycles. The Labute approximate surface area is 103 Å². The molecule has 1 rings (SSSR count). The molecular formula is C13H20ClNO. The van der Waals surface area contributed by atoms with Gasteiger partial charge in [-0.25, -0.2) is 0 Å². The van der Waals surface area contributed by atoms with E-state index in [0.29, 0.717) is 0 Å². The van der Waals surface area contributed by atoms with Gasteiger partial charge in [-0.15, -0.1) is 0 Å². The van der Waals surface area contributed by atoms with E-state index in [-0.39, 0.29) is 18.2 Å². The fraction of sp³-hybridized carbons (Fsp3) is 0.538. The summed E-state index contributed by atoms with van der Waals surface area (Å²) in [5.41, 5.74) is 1.15. The van der Waals surface area contributed by atoms with E-state index in [2.05, 4.69) is 26.1 Å². The number of halogens is 1. The maximum Gasteiger partial charge on any atom is 0.0588 e. The molecule has 1 aromatic rings. The second kappa shape index (κ2) is 5.67. The summed E-state index contributed by atoms with van der Waals surface area (Å²) in [5.74, 6) is 0. The molecule has 2 nitrogen and oxygen atoms in total. The van der Waals surface area contributed by atoms with Gasteiger partial charge in [0.2, 0.25) is 0 Å². The molecule has 0 saturated carbocycles. The molecule has 2 N–H and O–H groups in total. The molecule has 0 aliphatic carbocycles. The van der Waals surface area contributed by atoms with Crippen LogP contribution in [0.25, 0.3) is 0 Å². The van der Waals surface area contributed by atoms with Gasteiger partial charge in [0.05, 0.1) is 6.61 Å². The first-order valence-corrected chi connectivity index (χ1v) is 5.91. The van der Waals surface area contributed by atoms with Crippen LogP contribution in [-0.4, -0.2) is 23.3 Å². The van der Waals surface area contributed by atoms with Crippen molar-refractivity contribution in [3.8, 4) is 0 Å². The summed E-state index contributed by atoms with van der Waals surface area (Å²) >= 11 is 5.92. The molecule has 0 aliphatic rings. The molecule has 1 atom stereocenters. The zero-order chi connectivity index (χ0) is 12.2. The van der Waals surface area contributed by atoms with Crippen molar-refractivity contribution in [3.05, 3.63) is 34.9 Å². The highest BCUT2D eigenvalue weighted by Gasteiger charge is 2.16. The lowest BCUT2D eigenvalue weighted by molar-refractivity contribution is 0.215. The van der Waals surface area contributed by atoms with E-state index in [0.717, 1.165) is 17.0 Å². The van der Waals surface area contributed by atoms with Gasteiger partial charge in [0.1, 0.15) is 0 Å². The first-order chi connectivity index (χ1) is 7.40. The predicted molar refractivity (Wildman–Crippen MR) is 68.9 cm³/mol. The lowest BCUT2D eigenvalue weighted by Gasteiger charge is -2.27. The van der Waals surface area contributed by atoms with Crippen molar-refractivity contribution in [2.75, 3.05) is 6.61 Å². The SMILES string of the molecule is CC(C)(C)NC(CO)Cc1cccc(Cl)c1. The third-order valence-electron chi connectivity index (χ3n) is 2.23. The Morgan fingerprint density at radius 3 is 2.56 bits per heavy atom. The molecule has 0 bridgehead atoms. The minimum absolute atomic E-state index is 0.00592. The van der Waals surface area contributed by atoms with E-state index in [1.54, 1.807) is 0 Å². The molecule has 0 fully saturated rings. The number of hydrogen-bond donors (Lipinski definition) is 2. The minimum atomic E-state index is 0.00592. The Hall–Kier alpha value is -0.570. The fourth-order valence-electron chi connectivity index (χ4n) is 1.72. The molecule has 0 radical (unpaired) electrons. The highest BCUT2D eigenvalue weighted by atomic mass is 35.5. The quantitative estimate of drug-likeness (QED) is 0.850. The van der Waals surface area contributed by atoms with Crippen LogP contribution in [0.3, 0.4) is 0 Å². The maximum atomic E-state index is 9.32. The van der Waals surface area contributed by atoms with Crippen molar-refractivity contribution in [2.45, 2.75) is 38.8 Å². The van der Waals surface area contributed by atoms with Gasteiger partial charge in [0.15, 0.2) is 0 Å². The standard InChI is InChI=1S/C13H20ClNO/c1-13(2,3)15-12(9-16)8-10-5-4-6-11(14)7-10/h4-7,12,15-16H,8-9H2,1-3H3. The number of benzene rings is 1. The van der Waals surface area contributed by atoms with Crippen LogP contribution in [0.15, 0.2) is 24.3 Å². The molecule has 0 spiro atoms. The van der Waals surface area contributed by atoms with E-state index in [1.165, 1.54) is 0 Å². The minimum Gasteiger partial charge on any atom is -0.395 e. The second-order valence-electron chi connectivity index (χ2n) is 5.11. The summed E-state index contributed by atoms with van der Waals surface area (Å²) in [7, 11) is 0. The van der Waals surface area contributed by atoms with Crippen LogP contribution in [0.1, 0.15) is 26.3 Å². The molecule has 90 valence electrons. The van der Waals surface area contributed by atoms with Crippen LogP contribution >= 0.6 is 11.6 Å². The Balaban J connectivity index is 2.63. The monoisotopic (exact) mass is 241 g/mol. The lowest BCUT2D eigenvalue weighted by atomic mass is 10.0. The van der Waals surface area contributed by atoms with E-state index < -0.39 is 0 Å². The Bertz CT molecular complexity index is 333. The van der Waals surface area contributed by atoms with Gasteiger partial charge in [-0.05, 0) is 44.9 Å². The predicted octanol–water partition coefficient (Wildman–Crippen LogP) is 2.63. The first kappa shape index (κ1) is 13.5. The molecule has 0 aromatic heterocycles. The summed E-state index contributed by atoms with van der Waals surface area (Å²) in [6, 6.07) is 7.82. The van der Waals surface area contributed by atoms with Crippen LogP contribution in [-0.2, 0) is 6.42 Å². The average molecular weight is 242 g/mol. The summed E-state index contributed by atoms with van der Waals surface area (Å²) in [5, 5.41) is 13.4. The van der Waals surface area contributed by atoms with Crippen LogP contribution in [0.5, 0.6) is 0 Å². The Morgan fingerprint density at radius 2 is 2.06 bits per heavy atom. The van der Waals surface area contributed by atoms with E-state index >= 15 is 0 Å². The Kier molecular flexibility index (Phi) is 4.78. The molecular weight excluding hydrogens is 222 g/mol. The van der Waals surface area contributed by atoms with Crippen molar-refractivity contribution in [3.63, 3.8) is 0 Å². The normalized spacial score (nSPS) is 13.8. The average Bonchev–Trinajstić information content (AvgIpc) is 2.14. The Morgan fingerprint density at radius 1 is 1.38 bits per heavy atom. The van der Waals surface area contributed by atoms with Gasteiger partial charge in [0, 0.05) is 16.6 Å². The summed E-state index contributed by atoms with van der Waals surface area (Å²) in [4.78, 5) is 0. The fourth-order valence-corrected chi connectivity index (χ4v) is 1.93. The molecule has 3 heteroatoms.